The van der Waals surface area contributed by atoms with E-state index in [1.807, 2.05) is 31.2 Å². The Morgan fingerprint density at radius 2 is 1.86 bits per heavy atom. The average molecular weight is 354 g/mol. The van der Waals surface area contributed by atoms with Crippen LogP contribution >= 0.6 is 15.9 Å². The highest BCUT2D eigenvalue weighted by Gasteiger charge is 2.27. The fraction of sp³-hybridized carbons (Fsp3) is 0.500. The van der Waals surface area contributed by atoms with E-state index in [-0.39, 0.29) is 17.7 Å². The summed E-state index contributed by atoms with van der Waals surface area (Å²) >= 11 is 3.40. The molecule has 0 bridgehead atoms. The van der Waals surface area contributed by atoms with E-state index < -0.39 is 5.97 Å². The van der Waals surface area contributed by atoms with Crippen molar-refractivity contribution in [2.75, 3.05) is 13.1 Å². The highest BCUT2D eigenvalue weighted by atomic mass is 79.9. The molecule has 4 nitrogen and oxygen atoms in total. The fourth-order valence-corrected chi connectivity index (χ4v) is 2.94. The molecule has 0 radical (unpaired) electrons. The smallest absolute Gasteiger partial charge is 0.306 e. The number of carboxylic acids is 1. The lowest BCUT2D eigenvalue weighted by atomic mass is 9.94. The first-order chi connectivity index (χ1) is 9.97. The molecule has 1 aliphatic heterocycles. The summed E-state index contributed by atoms with van der Waals surface area (Å²) in [6.45, 7) is 3.16. The summed E-state index contributed by atoms with van der Waals surface area (Å²) < 4.78 is 1.03. The zero-order chi connectivity index (χ0) is 15.4. The van der Waals surface area contributed by atoms with E-state index in [0.717, 1.165) is 10.0 Å². The van der Waals surface area contributed by atoms with Crippen LogP contribution in [0, 0.1) is 5.92 Å². The van der Waals surface area contributed by atoms with Crippen LogP contribution in [0.25, 0.3) is 0 Å². The zero-order valence-electron chi connectivity index (χ0n) is 12.1. The van der Waals surface area contributed by atoms with E-state index in [1.165, 1.54) is 0 Å². The Bertz CT molecular complexity index is 507. The van der Waals surface area contributed by atoms with Crippen molar-refractivity contribution < 1.29 is 14.7 Å². The van der Waals surface area contributed by atoms with Crippen molar-refractivity contribution in [2.45, 2.75) is 32.1 Å². The second-order valence-electron chi connectivity index (χ2n) is 5.65. The number of nitrogens with zero attached hydrogens (tertiary/aromatic N) is 1. The van der Waals surface area contributed by atoms with Gasteiger partial charge >= 0.3 is 5.97 Å². The molecule has 1 aromatic rings. The fourth-order valence-electron chi connectivity index (χ4n) is 2.68. The maximum absolute atomic E-state index is 12.3. The van der Waals surface area contributed by atoms with Crippen LogP contribution in [0.15, 0.2) is 28.7 Å². The summed E-state index contributed by atoms with van der Waals surface area (Å²) in [5.74, 6) is -0.750. The molecular weight excluding hydrogens is 334 g/mol. The minimum Gasteiger partial charge on any atom is -0.481 e. The van der Waals surface area contributed by atoms with Gasteiger partial charge in [-0.05, 0) is 36.5 Å². The van der Waals surface area contributed by atoms with Crippen LogP contribution in [-0.4, -0.2) is 35.0 Å². The molecule has 1 heterocycles. The third-order valence-corrected chi connectivity index (χ3v) is 4.65. The van der Waals surface area contributed by atoms with Gasteiger partial charge in [0.2, 0.25) is 5.91 Å². The van der Waals surface area contributed by atoms with Gasteiger partial charge < -0.3 is 10.0 Å². The minimum absolute atomic E-state index is 0.120. The van der Waals surface area contributed by atoms with E-state index in [2.05, 4.69) is 15.9 Å². The van der Waals surface area contributed by atoms with E-state index in [0.29, 0.717) is 32.4 Å². The van der Waals surface area contributed by atoms with Crippen LogP contribution in [0.2, 0.25) is 0 Å². The van der Waals surface area contributed by atoms with E-state index >= 15 is 0 Å². The number of amides is 1. The van der Waals surface area contributed by atoms with Crippen LogP contribution < -0.4 is 0 Å². The van der Waals surface area contributed by atoms with E-state index in [4.69, 9.17) is 5.11 Å². The second-order valence-corrected chi connectivity index (χ2v) is 6.57. The predicted molar refractivity (Wildman–Crippen MR) is 84.1 cm³/mol. The Balaban J connectivity index is 1.87. The lowest BCUT2D eigenvalue weighted by Gasteiger charge is -2.31. The first-order valence-electron chi connectivity index (χ1n) is 7.23. The van der Waals surface area contributed by atoms with Crippen molar-refractivity contribution >= 4 is 27.8 Å². The van der Waals surface area contributed by atoms with Gasteiger partial charge in [0.15, 0.2) is 0 Å². The Hall–Kier alpha value is -1.36. The number of benzene rings is 1. The van der Waals surface area contributed by atoms with E-state index in [1.54, 1.807) is 4.90 Å². The van der Waals surface area contributed by atoms with Gasteiger partial charge in [-0.1, -0.05) is 35.0 Å². The van der Waals surface area contributed by atoms with Crippen molar-refractivity contribution in [1.82, 2.24) is 4.90 Å². The number of likely N-dealkylation sites (tertiary alicyclic amines) is 1. The van der Waals surface area contributed by atoms with Crippen LogP contribution in [0.1, 0.15) is 37.7 Å². The molecule has 1 N–H and O–H groups in total. The molecule has 1 amide bonds. The summed E-state index contributed by atoms with van der Waals surface area (Å²) in [5.41, 5.74) is 1.15. The second kappa shape index (κ2) is 7.07. The number of piperidine rings is 1. The van der Waals surface area contributed by atoms with Gasteiger partial charge in [-0.3, -0.25) is 9.59 Å². The molecule has 21 heavy (non-hydrogen) atoms. The number of carbonyl (C=O) groups is 2. The molecule has 0 aliphatic carbocycles. The van der Waals surface area contributed by atoms with Gasteiger partial charge in [0, 0.05) is 24.0 Å². The van der Waals surface area contributed by atoms with Gasteiger partial charge in [-0.2, -0.15) is 0 Å². The molecule has 1 aromatic carbocycles. The SMILES string of the molecule is CC(CC(=O)N1CCC(C(=O)O)CC1)c1ccc(Br)cc1. The molecule has 1 aliphatic rings. The molecule has 0 saturated carbocycles. The highest BCUT2D eigenvalue weighted by Crippen LogP contribution is 2.24. The molecule has 0 spiro atoms. The van der Waals surface area contributed by atoms with Crippen LogP contribution in [0.4, 0.5) is 0 Å². The summed E-state index contributed by atoms with van der Waals surface area (Å²) in [6, 6.07) is 8.01. The van der Waals surface area contributed by atoms with Crippen LogP contribution in [0.3, 0.4) is 0 Å². The molecule has 0 aromatic heterocycles. The normalized spacial score (nSPS) is 17.5. The molecule has 1 atom stereocenters. The molecular formula is C16H20BrNO3. The third kappa shape index (κ3) is 4.30. The number of rotatable bonds is 4. The first-order valence-corrected chi connectivity index (χ1v) is 8.02. The van der Waals surface area contributed by atoms with Crippen molar-refractivity contribution in [3.63, 3.8) is 0 Å². The quantitative estimate of drug-likeness (QED) is 0.903. The molecule has 1 unspecified atom stereocenters. The van der Waals surface area contributed by atoms with Gasteiger partial charge in [0.25, 0.3) is 0 Å². The Kier molecular flexibility index (Phi) is 5.39. The predicted octanol–water partition coefficient (Wildman–Crippen LogP) is 3.27. The van der Waals surface area contributed by atoms with Crippen molar-refractivity contribution in [2.24, 2.45) is 5.92 Å². The molecule has 1 fully saturated rings. The molecule has 114 valence electrons. The number of halogens is 1. The van der Waals surface area contributed by atoms with Gasteiger partial charge in [-0.15, -0.1) is 0 Å². The zero-order valence-corrected chi connectivity index (χ0v) is 13.7. The number of hydrogen-bond donors (Lipinski definition) is 1. The van der Waals surface area contributed by atoms with Crippen molar-refractivity contribution in [1.29, 1.82) is 0 Å². The summed E-state index contributed by atoms with van der Waals surface area (Å²) in [5, 5.41) is 8.97. The highest BCUT2D eigenvalue weighted by molar-refractivity contribution is 9.10. The van der Waals surface area contributed by atoms with Gasteiger partial charge in [0.05, 0.1) is 5.92 Å². The number of hydrogen-bond acceptors (Lipinski definition) is 2. The molecule has 5 heteroatoms. The molecule has 2 rings (SSSR count). The number of carbonyl (C=O) groups excluding carboxylic acids is 1. The van der Waals surface area contributed by atoms with Gasteiger partial charge in [-0.25, -0.2) is 0 Å². The largest absolute Gasteiger partial charge is 0.481 e. The standard InChI is InChI=1S/C16H20BrNO3/c1-11(12-2-4-14(17)5-3-12)10-15(19)18-8-6-13(7-9-18)16(20)21/h2-5,11,13H,6-10H2,1H3,(H,20,21). The van der Waals surface area contributed by atoms with Crippen LogP contribution in [0.5, 0.6) is 0 Å². The summed E-state index contributed by atoms with van der Waals surface area (Å²) in [7, 11) is 0. The van der Waals surface area contributed by atoms with Gasteiger partial charge in [0.1, 0.15) is 0 Å². The lowest BCUT2D eigenvalue weighted by molar-refractivity contribution is -0.145. The first kappa shape index (κ1) is 16.0. The number of carboxylic acid groups (broad SMARTS) is 1. The Labute approximate surface area is 133 Å². The summed E-state index contributed by atoms with van der Waals surface area (Å²) in [4.78, 5) is 25.0. The van der Waals surface area contributed by atoms with Crippen molar-refractivity contribution in [3.8, 4) is 0 Å². The number of aliphatic carboxylic acids is 1. The monoisotopic (exact) mass is 353 g/mol. The maximum atomic E-state index is 12.3. The Morgan fingerprint density at radius 3 is 2.38 bits per heavy atom. The minimum atomic E-state index is -0.745. The van der Waals surface area contributed by atoms with Crippen molar-refractivity contribution in [3.05, 3.63) is 34.3 Å². The average Bonchev–Trinajstić information content (AvgIpc) is 2.47. The third-order valence-electron chi connectivity index (χ3n) is 4.12. The Morgan fingerprint density at radius 1 is 1.29 bits per heavy atom. The topological polar surface area (TPSA) is 57.6 Å². The summed E-state index contributed by atoms with van der Waals surface area (Å²) in [6.07, 6.45) is 1.60. The lowest BCUT2D eigenvalue weighted by Crippen LogP contribution is -2.40. The van der Waals surface area contributed by atoms with Crippen LogP contribution in [-0.2, 0) is 9.59 Å². The van der Waals surface area contributed by atoms with E-state index in [9.17, 15) is 9.59 Å². The maximum Gasteiger partial charge on any atom is 0.306 e. The molecule has 1 saturated heterocycles.